The van der Waals surface area contributed by atoms with Gasteiger partial charge in [0.15, 0.2) is 0 Å². The van der Waals surface area contributed by atoms with Crippen molar-refractivity contribution in [2.24, 2.45) is 5.73 Å². The first kappa shape index (κ1) is 18.5. The lowest BCUT2D eigenvalue weighted by Gasteiger charge is -2.29. The van der Waals surface area contributed by atoms with E-state index >= 15 is 0 Å². The van der Waals surface area contributed by atoms with Crippen LogP contribution in [0.5, 0.6) is 0 Å². The van der Waals surface area contributed by atoms with Crippen LogP contribution in [-0.4, -0.2) is 55.0 Å². The summed E-state index contributed by atoms with van der Waals surface area (Å²) in [4.78, 5) is 31.0. The molecular weight excluding hydrogens is 356 g/mol. The Morgan fingerprint density at radius 2 is 1.86 bits per heavy atom. The highest BCUT2D eigenvalue weighted by Gasteiger charge is 2.30. The van der Waals surface area contributed by atoms with Crippen LogP contribution in [0, 0.1) is 0 Å². The molecule has 1 aliphatic heterocycles. The van der Waals surface area contributed by atoms with E-state index in [1.807, 2.05) is 37.3 Å². The molecule has 28 heavy (non-hydrogen) atoms. The Labute approximate surface area is 162 Å². The van der Waals surface area contributed by atoms with Crippen molar-refractivity contribution in [2.45, 2.75) is 13.0 Å². The molecule has 2 aromatic carbocycles. The SMILES string of the molecule is COC(C)c1cc2c([nH]c3ccccc32)c(C(N)=O)c1C(=O)N1CCNCC1. The molecule has 0 aliphatic carbocycles. The average molecular weight is 380 g/mol. The number of primary amides is 1. The normalized spacial score (nSPS) is 15.9. The van der Waals surface area contributed by atoms with Crippen LogP contribution in [0.15, 0.2) is 30.3 Å². The minimum atomic E-state index is -0.625. The summed E-state index contributed by atoms with van der Waals surface area (Å²) in [5.41, 5.74) is 8.53. The van der Waals surface area contributed by atoms with Crippen LogP contribution < -0.4 is 11.1 Å². The van der Waals surface area contributed by atoms with Crippen molar-refractivity contribution in [3.05, 3.63) is 47.0 Å². The van der Waals surface area contributed by atoms with Gasteiger partial charge in [-0.3, -0.25) is 9.59 Å². The molecule has 4 N–H and O–H groups in total. The second-order valence-corrected chi connectivity index (χ2v) is 7.09. The van der Waals surface area contributed by atoms with Crippen LogP contribution in [0.25, 0.3) is 21.8 Å². The number of amides is 2. The highest BCUT2D eigenvalue weighted by atomic mass is 16.5. The minimum absolute atomic E-state index is 0.185. The summed E-state index contributed by atoms with van der Waals surface area (Å²) in [6, 6.07) is 9.74. The lowest BCUT2D eigenvalue weighted by molar-refractivity contribution is 0.0717. The lowest BCUT2D eigenvalue weighted by Crippen LogP contribution is -2.47. The number of aromatic nitrogens is 1. The van der Waals surface area contributed by atoms with Gasteiger partial charge in [-0.05, 0) is 24.6 Å². The number of H-pyrrole nitrogens is 1. The maximum Gasteiger partial charge on any atom is 0.255 e. The van der Waals surface area contributed by atoms with Gasteiger partial charge in [-0.1, -0.05) is 18.2 Å². The molecule has 1 aromatic heterocycles. The smallest absolute Gasteiger partial charge is 0.255 e. The number of piperazine rings is 1. The molecule has 146 valence electrons. The van der Waals surface area contributed by atoms with Crippen molar-refractivity contribution in [3.8, 4) is 0 Å². The molecule has 7 nitrogen and oxygen atoms in total. The molecule has 1 fully saturated rings. The Morgan fingerprint density at radius 3 is 2.54 bits per heavy atom. The van der Waals surface area contributed by atoms with Crippen LogP contribution >= 0.6 is 0 Å². The Morgan fingerprint density at radius 1 is 1.14 bits per heavy atom. The van der Waals surface area contributed by atoms with E-state index in [4.69, 9.17) is 10.5 Å². The van der Waals surface area contributed by atoms with E-state index in [0.29, 0.717) is 29.7 Å². The number of carbonyl (C=O) groups is 2. The summed E-state index contributed by atoms with van der Waals surface area (Å²) >= 11 is 0. The maximum absolute atomic E-state index is 13.4. The first-order valence-electron chi connectivity index (χ1n) is 9.42. The third kappa shape index (κ3) is 2.93. The second kappa shape index (κ2) is 7.26. The van der Waals surface area contributed by atoms with Crippen molar-refractivity contribution in [3.63, 3.8) is 0 Å². The maximum atomic E-state index is 13.4. The summed E-state index contributed by atoms with van der Waals surface area (Å²) in [5, 5.41) is 5.08. The number of nitrogens with zero attached hydrogens (tertiary/aromatic N) is 1. The number of rotatable bonds is 4. The zero-order chi connectivity index (χ0) is 19.8. The predicted octanol–water partition coefficient (Wildman–Crippen LogP) is 2.17. The first-order chi connectivity index (χ1) is 13.5. The molecule has 7 heteroatoms. The fourth-order valence-electron chi connectivity index (χ4n) is 3.96. The van der Waals surface area contributed by atoms with Gasteiger partial charge in [0.2, 0.25) is 0 Å². The molecule has 0 saturated carbocycles. The molecule has 4 rings (SSSR count). The number of fused-ring (bicyclic) bond motifs is 3. The molecule has 3 aromatic rings. The molecule has 1 unspecified atom stereocenters. The average Bonchev–Trinajstić information content (AvgIpc) is 3.10. The molecule has 0 bridgehead atoms. The highest BCUT2D eigenvalue weighted by molar-refractivity contribution is 6.20. The number of nitrogens with one attached hydrogen (secondary N) is 2. The van der Waals surface area contributed by atoms with Gasteiger partial charge in [-0.2, -0.15) is 0 Å². The highest BCUT2D eigenvalue weighted by Crippen LogP contribution is 2.35. The van der Waals surface area contributed by atoms with E-state index in [2.05, 4.69) is 10.3 Å². The van der Waals surface area contributed by atoms with Gasteiger partial charge in [0, 0.05) is 49.6 Å². The largest absolute Gasteiger partial charge is 0.377 e. The fourth-order valence-corrected chi connectivity index (χ4v) is 3.96. The van der Waals surface area contributed by atoms with Gasteiger partial charge in [0.1, 0.15) is 0 Å². The van der Waals surface area contributed by atoms with E-state index in [0.717, 1.165) is 29.4 Å². The Hall–Kier alpha value is -2.90. The van der Waals surface area contributed by atoms with Crippen LogP contribution in [0.4, 0.5) is 0 Å². The van der Waals surface area contributed by atoms with Crippen LogP contribution in [-0.2, 0) is 4.74 Å². The van der Waals surface area contributed by atoms with Crippen molar-refractivity contribution < 1.29 is 14.3 Å². The topological polar surface area (TPSA) is 100 Å². The van der Waals surface area contributed by atoms with E-state index in [1.54, 1.807) is 12.0 Å². The number of hydrogen-bond acceptors (Lipinski definition) is 4. The standard InChI is InChI=1S/C21H24N4O3/c1-12(28-2)14-11-15-13-5-3-4-6-16(13)24-19(15)18(20(22)26)17(14)21(27)25-9-7-23-8-10-25/h3-6,11-12,23-24H,7-10H2,1-2H3,(H2,22,26). The quantitative estimate of drug-likeness (QED) is 0.646. The minimum Gasteiger partial charge on any atom is -0.377 e. The molecule has 2 heterocycles. The Kier molecular flexibility index (Phi) is 4.78. The predicted molar refractivity (Wildman–Crippen MR) is 109 cm³/mol. The van der Waals surface area contributed by atoms with Crippen molar-refractivity contribution >= 4 is 33.6 Å². The lowest BCUT2D eigenvalue weighted by atomic mass is 9.92. The third-order valence-electron chi connectivity index (χ3n) is 5.49. The van der Waals surface area contributed by atoms with Gasteiger partial charge in [0.25, 0.3) is 11.8 Å². The van der Waals surface area contributed by atoms with Gasteiger partial charge in [0.05, 0.1) is 22.7 Å². The van der Waals surface area contributed by atoms with E-state index in [9.17, 15) is 9.59 Å². The van der Waals surface area contributed by atoms with Gasteiger partial charge >= 0.3 is 0 Å². The van der Waals surface area contributed by atoms with Crippen molar-refractivity contribution in [2.75, 3.05) is 33.3 Å². The Bertz CT molecular complexity index is 1070. The number of aromatic amines is 1. The monoisotopic (exact) mass is 380 g/mol. The van der Waals surface area contributed by atoms with E-state index < -0.39 is 5.91 Å². The molecule has 0 spiro atoms. The van der Waals surface area contributed by atoms with Crippen molar-refractivity contribution in [1.82, 2.24) is 15.2 Å². The number of carbonyl (C=O) groups excluding carboxylic acids is 2. The summed E-state index contributed by atoms with van der Waals surface area (Å²) < 4.78 is 5.54. The molecule has 1 aliphatic rings. The number of para-hydroxylation sites is 1. The first-order valence-corrected chi connectivity index (χ1v) is 9.42. The fraction of sp³-hybridized carbons (Fsp3) is 0.333. The third-order valence-corrected chi connectivity index (χ3v) is 5.49. The summed E-state index contributed by atoms with van der Waals surface area (Å²) in [7, 11) is 1.59. The number of nitrogens with two attached hydrogens (primary N) is 1. The summed E-state index contributed by atoms with van der Waals surface area (Å²) in [6.07, 6.45) is -0.363. The zero-order valence-corrected chi connectivity index (χ0v) is 16.0. The van der Waals surface area contributed by atoms with E-state index in [-0.39, 0.29) is 17.6 Å². The number of ether oxygens (including phenoxy) is 1. The second-order valence-electron chi connectivity index (χ2n) is 7.09. The molecule has 1 atom stereocenters. The number of hydrogen-bond donors (Lipinski definition) is 3. The molecular formula is C21H24N4O3. The van der Waals surface area contributed by atoms with Crippen LogP contribution in [0.1, 0.15) is 39.3 Å². The Balaban J connectivity index is 2.05. The van der Waals surface area contributed by atoms with Gasteiger partial charge < -0.3 is 25.7 Å². The van der Waals surface area contributed by atoms with E-state index in [1.165, 1.54) is 0 Å². The molecule has 0 radical (unpaired) electrons. The van der Waals surface area contributed by atoms with Gasteiger partial charge in [-0.15, -0.1) is 0 Å². The molecule has 1 saturated heterocycles. The van der Waals surface area contributed by atoms with Gasteiger partial charge in [-0.25, -0.2) is 0 Å². The zero-order valence-electron chi connectivity index (χ0n) is 16.0. The summed E-state index contributed by atoms with van der Waals surface area (Å²) in [6.45, 7) is 4.49. The molecule has 2 amide bonds. The van der Waals surface area contributed by atoms with Crippen LogP contribution in [0.2, 0.25) is 0 Å². The van der Waals surface area contributed by atoms with Crippen LogP contribution in [0.3, 0.4) is 0 Å². The number of benzene rings is 2. The summed E-state index contributed by atoms with van der Waals surface area (Å²) in [5.74, 6) is -0.810. The number of methoxy groups -OCH3 is 1. The van der Waals surface area contributed by atoms with Crippen molar-refractivity contribution in [1.29, 1.82) is 0 Å².